The van der Waals surface area contributed by atoms with Crippen molar-refractivity contribution in [1.82, 2.24) is 15.1 Å². The van der Waals surface area contributed by atoms with Crippen molar-refractivity contribution in [3.63, 3.8) is 0 Å². The van der Waals surface area contributed by atoms with Crippen molar-refractivity contribution < 1.29 is 21.6 Å². The topological polar surface area (TPSA) is 64.0 Å². The highest BCUT2D eigenvalue weighted by Crippen LogP contribution is 2.32. The van der Waals surface area contributed by atoms with E-state index in [9.17, 15) is 21.6 Å². The lowest BCUT2D eigenvalue weighted by Gasteiger charge is -2.12. The highest BCUT2D eigenvalue weighted by Gasteiger charge is 2.37. The number of alkyl halides is 3. The summed E-state index contributed by atoms with van der Waals surface area (Å²) >= 11 is 0. The molecule has 1 heterocycles. The third-order valence-electron chi connectivity index (χ3n) is 2.42. The lowest BCUT2D eigenvalue weighted by Crippen LogP contribution is -2.22. The van der Waals surface area contributed by atoms with Crippen LogP contribution in [0.4, 0.5) is 13.2 Å². The molecular weight excluding hydrogens is 283 g/mol. The Morgan fingerprint density at radius 3 is 2.53 bits per heavy atom. The molecule has 5 nitrogen and oxygen atoms in total. The molecule has 0 fully saturated rings. The summed E-state index contributed by atoms with van der Waals surface area (Å²) in [6, 6.07) is 0. The summed E-state index contributed by atoms with van der Waals surface area (Å²) in [4.78, 5) is 0. The number of sulfone groups is 1. The van der Waals surface area contributed by atoms with E-state index >= 15 is 0 Å². The van der Waals surface area contributed by atoms with Crippen LogP contribution in [0.15, 0.2) is 6.20 Å². The van der Waals surface area contributed by atoms with E-state index in [2.05, 4.69) is 10.4 Å². The second-order valence-electron chi connectivity index (χ2n) is 4.15. The molecule has 1 N–H and O–H groups in total. The van der Waals surface area contributed by atoms with Crippen molar-refractivity contribution >= 4 is 9.84 Å². The van der Waals surface area contributed by atoms with Gasteiger partial charge in [0.15, 0.2) is 0 Å². The zero-order chi connectivity index (χ0) is 14.7. The summed E-state index contributed by atoms with van der Waals surface area (Å²) in [6.45, 7) is 2.05. The van der Waals surface area contributed by atoms with Crippen LogP contribution in [0.3, 0.4) is 0 Å². The van der Waals surface area contributed by atoms with Gasteiger partial charge in [-0.3, -0.25) is 4.68 Å². The molecule has 0 amide bonds. The monoisotopic (exact) mass is 299 g/mol. The Kier molecular flexibility index (Phi) is 4.97. The number of nitrogens with zero attached hydrogens (tertiary/aromatic N) is 2. The fourth-order valence-electron chi connectivity index (χ4n) is 1.56. The summed E-state index contributed by atoms with van der Waals surface area (Å²) in [5, 5.41) is 6.42. The summed E-state index contributed by atoms with van der Waals surface area (Å²) in [7, 11) is -3.34. The molecule has 9 heteroatoms. The summed E-state index contributed by atoms with van der Waals surface area (Å²) < 4.78 is 61.6. The van der Waals surface area contributed by atoms with E-state index in [1.165, 1.54) is 0 Å². The van der Waals surface area contributed by atoms with Crippen molar-refractivity contribution in [3.8, 4) is 0 Å². The quantitative estimate of drug-likeness (QED) is 0.853. The SMILES string of the molecule is CCNCc1cnn(CCS(C)(=O)=O)c1C(F)(F)F. The van der Waals surface area contributed by atoms with Gasteiger partial charge < -0.3 is 5.32 Å². The van der Waals surface area contributed by atoms with Crippen molar-refractivity contribution in [2.24, 2.45) is 0 Å². The lowest BCUT2D eigenvalue weighted by atomic mass is 10.2. The van der Waals surface area contributed by atoms with Gasteiger partial charge in [-0.1, -0.05) is 6.92 Å². The van der Waals surface area contributed by atoms with Crippen LogP contribution in [0.1, 0.15) is 18.2 Å². The molecule has 0 aromatic carbocycles. The molecule has 0 radical (unpaired) electrons. The van der Waals surface area contributed by atoms with Gasteiger partial charge in [0.05, 0.1) is 18.5 Å². The normalized spacial score (nSPS) is 12.9. The van der Waals surface area contributed by atoms with Crippen LogP contribution >= 0.6 is 0 Å². The molecule has 0 bridgehead atoms. The minimum absolute atomic E-state index is 0.0165. The summed E-state index contributed by atoms with van der Waals surface area (Å²) in [5.74, 6) is -0.377. The first-order valence-corrected chi connectivity index (χ1v) is 7.71. The molecule has 0 saturated carbocycles. The maximum Gasteiger partial charge on any atom is 0.433 e. The second kappa shape index (κ2) is 5.91. The first-order valence-electron chi connectivity index (χ1n) is 5.65. The van der Waals surface area contributed by atoms with Crippen LogP contribution in [0.2, 0.25) is 0 Å². The molecule has 1 aromatic heterocycles. The zero-order valence-corrected chi connectivity index (χ0v) is 11.5. The molecule has 0 spiro atoms. The third kappa shape index (κ3) is 4.83. The minimum Gasteiger partial charge on any atom is -0.313 e. The van der Waals surface area contributed by atoms with Gasteiger partial charge in [-0.25, -0.2) is 8.42 Å². The van der Waals surface area contributed by atoms with Gasteiger partial charge in [-0.2, -0.15) is 18.3 Å². The highest BCUT2D eigenvalue weighted by molar-refractivity contribution is 7.90. The van der Waals surface area contributed by atoms with Crippen LogP contribution in [0, 0.1) is 0 Å². The summed E-state index contributed by atoms with van der Waals surface area (Å²) in [6.07, 6.45) is -2.46. The fourth-order valence-corrected chi connectivity index (χ4v) is 2.07. The minimum atomic E-state index is -4.56. The molecule has 0 atom stereocenters. The van der Waals surface area contributed by atoms with Gasteiger partial charge in [-0.05, 0) is 6.54 Å². The number of rotatable bonds is 6. The van der Waals surface area contributed by atoms with Crippen molar-refractivity contribution in [3.05, 3.63) is 17.5 Å². The molecule has 1 aromatic rings. The molecule has 0 unspecified atom stereocenters. The Balaban J connectivity index is 3.01. The van der Waals surface area contributed by atoms with Gasteiger partial charge in [-0.15, -0.1) is 0 Å². The molecule has 0 aliphatic carbocycles. The largest absolute Gasteiger partial charge is 0.433 e. The Hall–Kier alpha value is -1.09. The van der Waals surface area contributed by atoms with E-state index < -0.39 is 21.7 Å². The predicted octanol–water partition coefficient (Wildman–Crippen LogP) is 1.06. The summed E-state index contributed by atoms with van der Waals surface area (Å²) in [5.41, 5.74) is -0.875. The molecular formula is C10H16F3N3O2S. The zero-order valence-electron chi connectivity index (χ0n) is 10.7. The van der Waals surface area contributed by atoms with Gasteiger partial charge in [0.1, 0.15) is 15.5 Å². The lowest BCUT2D eigenvalue weighted by molar-refractivity contribution is -0.144. The molecule has 0 saturated heterocycles. The second-order valence-corrected chi connectivity index (χ2v) is 6.41. The number of aromatic nitrogens is 2. The highest BCUT2D eigenvalue weighted by atomic mass is 32.2. The van der Waals surface area contributed by atoms with Crippen molar-refractivity contribution in [1.29, 1.82) is 0 Å². The number of aryl methyl sites for hydroxylation is 1. The molecule has 110 valence electrons. The van der Waals surface area contributed by atoms with E-state index in [1.54, 1.807) is 6.92 Å². The molecule has 19 heavy (non-hydrogen) atoms. The first-order chi connectivity index (χ1) is 8.65. The number of halogens is 3. The number of hydrogen-bond acceptors (Lipinski definition) is 4. The Morgan fingerprint density at radius 2 is 2.05 bits per heavy atom. The Bertz CT molecular complexity index is 523. The molecule has 0 aliphatic rings. The van der Waals surface area contributed by atoms with Crippen molar-refractivity contribution in [2.45, 2.75) is 26.2 Å². The predicted molar refractivity (Wildman–Crippen MR) is 64.3 cm³/mol. The first kappa shape index (κ1) is 16.0. The van der Waals surface area contributed by atoms with E-state index in [0.717, 1.165) is 12.5 Å². The van der Waals surface area contributed by atoms with Gasteiger partial charge >= 0.3 is 6.18 Å². The average Bonchev–Trinajstić information content (AvgIpc) is 2.65. The van der Waals surface area contributed by atoms with Gasteiger partial charge in [0.25, 0.3) is 0 Å². The standard InChI is InChI=1S/C10H16F3N3O2S/c1-3-14-6-8-7-15-16(4-5-19(2,17)18)9(8)10(11,12)13/h7,14H,3-6H2,1-2H3. The van der Waals surface area contributed by atoms with Gasteiger partial charge in [0.2, 0.25) is 0 Å². The van der Waals surface area contributed by atoms with Crippen LogP contribution in [0.25, 0.3) is 0 Å². The number of hydrogen-bond donors (Lipinski definition) is 1. The van der Waals surface area contributed by atoms with E-state index in [0.29, 0.717) is 11.2 Å². The van der Waals surface area contributed by atoms with E-state index in [1.807, 2.05) is 0 Å². The Morgan fingerprint density at radius 1 is 1.42 bits per heavy atom. The third-order valence-corrected chi connectivity index (χ3v) is 3.35. The smallest absolute Gasteiger partial charge is 0.313 e. The average molecular weight is 299 g/mol. The van der Waals surface area contributed by atoms with E-state index in [-0.39, 0.29) is 24.4 Å². The number of nitrogens with one attached hydrogen (secondary N) is 1. The van der Waals surface area contributed by atoms with Crippen LogP contribution in [-0.4, -0.2) is 36.8 Å². The maximum atomic E-state index is 13.0. The van der Waals surface area contributed by atoms with Crippen LogP contribution in [-0.2, 0) is 29.1 Å². The molecule has 1 rings (SSSR count). The van der Waals surface area contributed by atoms with Gasteiger partial charge in [0, 0.05) is 18.4 Å². The molecule has 0 aliphatic heterocycles. The fraction of sp³-hybridized carbons (Fsp3) is 0.700. The Labute approximate surface area is 109 Å². The van der Waals surface area contributed by atoms with Crippen LogP contribution < -0.4 is 5.32 Å². The van der Waals surface area contributed by atoms with Crippen LogP contribution in [0.5, 0.6) is 0 Å². The van der Waals surface area contributed by atoms with Crippen molar-refractivity contribution in [2.75, 3.05) is 18.6 Å². The van der Waals surface area contributed by atoms with E-state index in [4.69, 9.17) is 0 Å². The maximum absolute atomic E-state index is 13.0.